The quantitative estimate of drug-likeness (QED) is 0.883. The van der Waals surface area contributed by atoms with Crippen LogP contribution in [0, 0.1) is 0 Å². The Balaban J connectivity index is 1.62. The first-order valence-corrected chi connectivity index (χ1v) is 6.42. The maximum absolute atomic E-state index is 12.2. The summed E-state index contributed by atoms with van der Waals surface area (Å²) >= 11 is 0. The lowest BCUT2D eigenvalue weighted by atomic mass is 10.2. The molecule has 3 heterocycles. The molecule has 1 amide bonds. The minimum atomic E-state index is 0.0990. The molecule has 0 saturated carbocycles. The van der Waals surface area contributed by atoms with Gasteiger partial charge in [0, 0.05) is 44.8 Å². The van der Waals surface area contributed by atoms with Crippen LogP contribution in [0.25, 0.3) is 0 Å². The Labute approximate surface area is 111 Å². The van der Waals surface area contributed by atoms with E-state index in [1.807, 2.05) is 29.2 Å². The Morgan fingerprint density at radius 1 is 1.16 bits per heavy atom. The largest absolute Gasteiger partial charge is 0.367 e. The van der Waals surface area contributed by atoms with Gasteiger partial charge in [0.1, 0.15) is 5.82 Å². The highest BCUT2D eigenvalue weighted by atomic mass is 16.2. The van der Waals surface area contributed by atoms with Crippen molar-refractivity contribution in [3.05, 3.63) is 48.4 Å². The van der Waals surface area contributed by atoms with Crippen LogP contribution in [0.5, 0.6) is 0 Å². The molecular formula is C14H16N4O. The van der Waals surface area contributed by atoms with Crippen molar-refractivity contribution in [2.45, 2.75) is 0 Å². The Morgan fingerprint density at radius 3 is 2.63 bits per heavy atom. The predicted octanol–water partition coefficient (Wildman–Crippen LogP) is 1.37. The van der Waals surface area contributed by atoms with Crippen LogP contribution >= 0.6 is 0 Å². The van der Waals surface area contributed by atoms with Crippen molar-refractivity contribution < 1.29 is 4.79 Å². The number of nitrogens with zero attached hydrogens (tertiary/aromatic N) is 3. The third-order valence-electron chi connectivity index (χ3n) is 3.39. The average molecular weight is 256 g/mol. The molecule has 2 aromatic rings. The number of amides is 1. The number of rotatable bonds is 2. The van der Waals surface area contributed by atoms with E-state index in [-0.39, 0.29) is 5.91 Å². The van der Waals surface area contributed by atoms with Crippen molar-refractivity contribution in [1.82, 2.24) is 14.9 Å². The fraction of sp³-hybridized carbons (Fsp3) is 0.286. The summed E-state index contributed by atoms with van der Waals surface area (Å²) in [7, 11) is 0. The minimum Gasteiger partial charge on any atom is -0.367 e. The van der Waals surface area contributed by atoms with Gasteiger partial charge in [-0.2, -0.15) is 0 Å². The van der Waals surface area contributed by atoms with E-state index in [9.17, 15) is 4.79 Å². The molecule has 0 radical (unpaired) electrons. The number of carbonyl (C=O) groups excluding carboxylic acids is 1. The zero-order chi connectivity index (χ0) is 13.1. The number of carbonyl (C=O) groups is 1. The van der Waals surface area contributed by atoms with Gasteiger partial charge in [-0.05, 0) is 18.2 Å². The molecule has 98 valence electrons. The molecule has 1 N–H and O–H groups in total. The van der Waals surface area contributed by atoms with Gasteiger partial charge in [-0.25, -0.2) is 4.98 Å². The average Bonchev–Trinajstić information content (AvgIpc) is 3.02. The van der Waals surface area contributed by atoms with E-state index >= 15 is 0 Å². The number of H-pyrrole nitrogens is 1. The number of nitrogens with one attached hydrogen (secondary N) is 1. The van der Waals surface area contributed by atoms with Crippen LogP contribution in [0.15, 0.2) is 42.9 Å². The fourth-order valence-corrected chi connectivity index (χ4v) is 2.32. The molecule has 0 unspecified atom stereocenters. The number of aromatic nitrogens is 2. The van der Waals surface area contributed by atoms with Crippen LogP contribution in [-0.4, -0.2) is 47.0 Å². The second-order valence-electron chi connectivity index (χ2n) is 4.57. The third-order valence-corrected chi connectivity index (χ3v) is 3.39. The number of anilines is 1. The van der Waals surface area contributed by atoms with Gasteiger partial charge in [0.2, 0.25) is 0 Å². The highest BCUT2D eigenvalue weighted by Gasteiger charge is 2.22. The summed E-state index contributed by atoms with van der Waals surface area (Å²) in [4.78, 5) is 23.5. The Morgan fingerprint density at radius 2 is 2.00 bits per heavy atom. The van der Waals surface area contributed by atoms with E-state index in [0.717, 1.165) is 37.6 Å². The smallest absolute Gasteiger partial charge is 0.255 e. The molecule has 2 aromatic heterocycles. The van der Waals surface area contributed by atoms with Crippen LogP contribution in [-0.2, 0) is 0 Å². The van der Waals surface area contributed by atoms with Gasteiger partial charge in [0.25, 0.3) is 5.91 Å². The molecule has 1 fully saturated rings. The van der Waals surface area contributed by atoms with Crippen LogP contribution in [0.1, 0.15) is 10.4 Å². The maximum atomic E-state index is 12.2. The van der Waals surface area contributed by atoms with E-state index in [1.165, 1.54) is 0 Å². The van der Waals surface area contributed by atoms with Crippen molar-refractivity contribution in [2.24, 2.45) is 0 Å². The topological polar surface area (TPSA) is 52.2 Å². The van der Waals surface area contributed by atoms with E-state index in [2.05, 4.69) is 14.9 Å². The third kappa shape index (κ3) is 2.45. The summed E-state index contributed by atoms with van der Waals surface area (Å²) in [5.41, 5.74) is 0.728. The molecule has 5 nitrogen and oxygen atoms in total. The molecule has 3 rings (SSSR count). The standard InChI is InChI=1S/C14H16N4O/c19-14(12-4-6-15-11-12)18-9-7-17(8-10-18)13-3-1-2-5-16-13/h1-6,11,15H,7-10H2. The summed E-state index contributed by atoms with van der Waals surface area (Å²) in [6.07, 6.45) is 5.32. The van der Waals surface area contributed by atoms with Crippen molar-refractivity contribution in [3.8, 4) is 0 Å². The zero-order valence-electron chi connectivity index (χ0n) is 10.6. The summed E-state index contributed by atoms with van der Waals surface area (Å²) < 4.78 is 0. The van der Waals surface area contributed by atoms with E-state index in [4.69, 9.17) is 0 Å². The number of pyridine rings is 1. The highest BCUT2D eigenvalue weighted by Crippen LogP contribution is 2.14. The van der Waals surface area contributed by atoms with E-state index < -0.39 is 0 Å². The molecule has 0 bridgehead atoms. The SMILES string of the molecule is O=C(c1cc[nH]c1)N1CCN(c2ccccn2)CC1. The second-order valence-corrected chi connectivity index (χ2v) is 4.57. The van der Waals surface area contributed by atoms with Crippen LogP contribution < -0.4 is 4.90 Å². The summed E-state index contributed by atoms with van der Waals surface area (Å²) in [6.45, 7) is 3.13. The minimum absolute atomic E-state index is 0.0990. The number of piperazine rings is 1. The predicted molar refractivity (Wildman–Crippen MR) is 73.1 cm³/mol. The van der Waals surface area contributed by atoms with Crippen LogP contribution in [0.4, 0.5) is 5.82 Å². The fourth-order valence-electron chi connectivity index (χ4n) is 2.32. The van der Waals surface area contributed by atoms with Gasteiger partial charge < -0.3 is 14.8 Å². The maximum Gasteiger partial charge on any atom is 0.255 e. The normalized spacial score (nSPS) is 15.6. The Hall–Kier alpha value is -2.30. The van der Waals surface area contributed by atoms with Crippen LogP contribution in [0.3, 0.4) is 0 Å². The van der Waals surface area contributed by atoms with Crippen LogP contribution in [0.2, 0.25) is 0 Å². The summed E-state index contributed by atoms with van der Waals surface area (Å²) in [5, 5.41) is 0. The Bertz CT molecular complexity index is 530. The first-order valence-electron chi connectivity index (χ1n) is 6.42. The molecule has 5 heteroatoms. The lowest BCUT2D eigenvalue weighted by Crippen LogP contribution is -2.49. The zero-order valence-corrected chi connectivity index (χ0v) is 10.6. The molecule has 0 spiro atoms. The monoisotopic (exact) mass is 256 g/mol. The number of aromatic amines is 1. The van der Waals surface area contributed by atoms with Gasteiger partial charge in [0.05, 0.1) is 5.56 Å². The Kier molecular flexibility index (Phi) is 3.18. The highest BCUT2D eigenvalue weighted by molar-refractivity contribution is 5.94. The van der Waals surface area contributed by atoms with E-state index in [0.29, 0.717) is 0 Å². The van der Waals surface area contributed by atoms with Gasteiger partial charge in [0.15, 0.2) is 0 Å². The molecule has 0 atom stereocenters. The van der Waals surface area contributed by atoms with Crippen molar-refractivity contribution >= 4 is 11.7 Å². The second kappa shape index (κ2) is 5.14. The van der Waals surface area contributed by atoms with Crippen molar-refractivity contribution in [3.63, 3.8) is 0 Å². The van der Waals surface area contributed by atoms with Crippen molar-refractivity contribution in [2.75, 3.05) is 31.1 Å². The van der Waals surface area contributed by atoms with Gasteiger partial charge >= 0.3 is 0 Å². The first kappa shape index (κ1) is 11.8. The number of hydrogen-bond acceptors (Lipinski definition) is 3. The number of hydrogen-bond donors (Lipinski definition) is 1. The molecule has 19 heavy (non-hydrogen) atoms. The van der Waals surface area contributed by atoms with E-state index in [1.54, 1.807) is 18.6 Å². The summed E-state index contributed by atoms with van der Waals surface area (Å²) in [6, 6.07) is 7.71. The van der Waals surface area contributed by atoms with Gasteiger partial charge in [-0.3, -0.25) is 4.79 Å². The summed E-state index contributed by atoms with van der Waals surface area (Å²) in [5.74, 6) is 1.08. The molecule has 1 aliphatic heterocycles. The van der Waals surface area contributed by atoms with Gasteiger partial charge in [-0.15, -0.1) is 0 Å². The molecular weight excluding hydrogens is 240 g/mol. The molecule has 1 saturated heterocycles. The molecule has 0 aliphatic carbocycles. The molecule has 0 aromatic carbocycles. The lowest BCUT2D eigenvalue weighted by molar-refractivity contribution is 0.0746. The van der Waals surface area contributed by atoms with Crippen molar-refractivity contribution in [1.29, 1.82) is 0 Å². The molecule has 1 aliphatic rings. The van der Waals surface area contributed by atoms with Gasteiger partial charge in [-0.1, -0.05) is 6.07 Å². The lowest BCUT2D eigenvalue weighted by Gasteiger charge is -2.35. The first-order chi connectivity index (χ1) is 9.34.